The Kier molecular flexibility index (Phi) is 1.62. The average Bonchev–Trinajstić information content (AvgIpc) is 2.07. The molecule has 12 heavy (non-hydrogen) atoms. The van der Waals surface area contributed by atoms with Crippen molar-refractivity contribution in [1.29, 1.82) is 5.41 Å². The topological polar surface area (TPSA) is 66.8 Å². The van der Waals surface area contributed by atoms with Gasteiger partial charge in [0.05, 0.1) is 11.0 Å². The predicted octanol–water partition coefficient (Wildman–Crippen LogP) is -0.347. The number of hydrogen-bond donors (Lipinski definition) is 3. The molecule has 0 aromatic carbocycles. The van der Waals surface area contributed by atoms with Crippen molar-refractivity contribution in [3.63, 3.8) is 0 Å². The minimum absolute atomic E-state index is 0.421. The Morgan fingerprint density at radius 3 is 3.25 bits per heavy atom. The van der Waals surface area contributed by atoms with Gasteiger partial charge >= 0.3 is 0 Å². The highest BCUT2D eigenvalue weighted by Crippen LogP contribution is 2.04. The molecule has 0 spiro atoms. The molecule has 0 atom stereocenters. The molecule has 0 radical (unpaired) electrons. The van der Waals surface area contributed by atoms with E-state index < -0.39 is 0 Å². The number of nitrogen functional groups attached to an aromatic ring is 1. The number of anilines is 1. The van der Waals surface area contributed by atoms with Gasteiger partial charge in [-0.2, -0.15) is 0 Å². The number of nitrogens with zero attached hydrogens (tertiary/aromatic N) is 1. The first-order chi connectivity index (χ1) is 5.77. The summed E-state index contributed by atoms with van der Waals surface area (Å²) in [6, 6.07) is 1.82. The largest absolute Gasteiger partial charge is 0.396 e. The smallest absolute Gasteiger partial charge is 0.0802 e. The van der Waals surface area contributed by atoms with Gasteiger partial charge in [0.25, 0.3) is 0 Å². The van der Waals surface area contributed by atoms with Crippen molar-refractivity contribution in [3.05, 3.63) is 23.3 Å². The van der Waals surface area contributed by atoms with Crippen molar-refractivity contribution in [3.8, 4) is 0 Å². The Morgan fingerprint density at radius 2 is 2.42 bits per heavy atom. The molecule has 0 fully saturated rings. The fourth-order valence-electron chi connectivity index (χ4n) is 1.43. The van der Waals surface area contributed by atoms with Gasteiger partial charge in [-0.1, -0.05) is 0 Å². The van der Waals surface area contributed by atoms with Crippen LogP contribution >= 0.6 is 0 Å². The summed E-state index contributed by atoms with van der Waals surface area (Å²) in [6.45, 7) is 2.76. The van der Waals surface area contributed by atoms with Crippen molar-refractivity contribution in [2.75, 3.05) is 12.3 Å². The highest BCUT2D eigenvalue weighted by Gasteiger charge is 2.06. The number of nitrogens with one attached hydrogen (secondary N) is 2. The number of rotatable bonds is 0. The summed E-state index contributed by atoms with van der Waals surface area (Å²) >= 11 is 0. The summed E-state index contributed by atoms with van der Waals surface area (Å²) in [5.74, 6) is 0. The van der Waals surface area contributed by atoms with Crippen molar-refractivity contribution < 1.29 is 0 Å². The van der Waals surface area contributed by atoms with Crippen molar-refractivity contribution >= 4 is 5.69 Å². The second-order valence-electron chi connectivity index (χ2n) is 3.00. The SMILES string of the molecule is N=c1cc2n(cc1N)CCNC2. The average molecular weight is 164 g/mol. The fraction of sp³-hybridized carbons (Fsp3) is 0.375. The van der Waals surface area contributed by atoms with Gasteiger partial charge in [0.15, 0.2) is 0 Å². The van der Waals surface area contributed by atoms with Crippen LogP contribution in [-0.4, -0.2) is 11.1 Å². The lowest BCUT2D eigenvalue weighted by molar-refractivity contribution is 0.509. The summed E-state index contributed by atoms with van der Waals surface area (Å²) in [7, 11) is 0. The first-order valence-electron chi connectivity index (χ1n) is 4.01. The third-order valence-corrected chi connectivity index (χ3v) is 2.12. The fourth-order valence-corrected chi connectivity index (χ4v) is 1.43. The minimum atomic E-state index is 0.421. The maximum atomic E-state index is 7.49. The summed E-state index contributed by atoms with van der Waals surface area (Å²) in [6.07, 6.45) is 1.85. The van der Waals surface area contributed by atoms with E-state index in [0.29, 0.717) is 11.0 Å². The summed E-state index contributed by atoms with van der Waals surface area (Å²) in [5.41, 5.74) is 7.31. The van der Waals surface area contributed by atoms with E-state index in [1.165, 1.54) is 0 Å². The molecule has 4 nitrogen and oxygen atoms in total. The minimum Gasteiger partial charge on any atom is -0.396 e. The summed E-state index contributed by atoms with van der Waals surface area (Å²) in [5, 5.41) is 11.2. The van der Waals surface area contributed by atoms with Crippen molar-refractivity contribution in [2.24, 2.45) is 0 Å². The Labute approximate surface area is 70.5 Å². The molecule has 1 aliphatic heterocycles. The molecule has 0 bridgehead atoms. The zero-order valence-electron chi connectivity index (χ0n) is 6.80. The molecule has 0 aliphatic carbocycles. The van der Waals surface area contributed by atoms with Gasteiger partial charge < -0.3 is 15.6 Å². The standard InChI is InChI=1S/C8H12N4/c9-7-3-6-4-11-1-2-12(6)5-8(7)10/h3,5,9,11H,1-2,4,10H2. The van der Waals surface area contributed by atoms with Crippen LogP contribution < -0.4 is 16.4 Å². The van der Waals surface area contributed by atoms with E-state index in [-0.39, 0.29) is 0 Å². The van der Waals surface area contributed by atoms with E-state index >= 15 is 0 Å². The van der Waals surface area contributed by atoms with Gasteiger partial charge in [-0.25, -0.2) is 0 Å². The third kappa shape index (κ3) is 1.10. The lowest BCUT2D eigenvalue weighted by atomic mass is 10.2. The van der Waals surface area contributed by atoms with Gasteiger partial charge in [-0.3, -0.25) is 5.41 Å². The highest BCUT2D eigenvalue weighted by atomic mass is 15.1. The van der Waals surface area contributed by atoms with E-state index in [2.05, 4.69) is 9.88 Å². The zero-order valence-corrected chi connectivity index (χ0v) is 6.80. The van der Waals surface area contributed by atoms with Crippen LogP contribution in [-0.2, 0) is 13.1 Å². The zero-order chi connectivity index (χ0) is 8.55. The monoisotopic (exact) mass is 164 g/mol. The summed E-state index contributed by atoms with van der Waals surface area (Å²) in [4.78, 5) is 0. The van der Waals surface area contributed by atoms with Gasteiger partial charge in [0.1, 0.15) is 0 Å². The number of fused-ring (bicyclic) bond motifs is 1. The third-order valence-electron chi connectivity index (χ3n) is 2.12. The molecular weight excluding hydrogens is 152 g/mol. The van der Waals surface area contributed by atoms with E-state index in [1.807, 2.05) is 12.3 Å². The Hall–Kier alpha value is -1.29. The molecule has 1 aromatic rings. The maximum absolute atomic E-state index is 7.49. The molecule has 1 aliphatic rings. The number of pyridine rings is 1. The molecule has 4 heteroatoms. The Morgan fingerprint density at radius 1 is 1.58 bits per heavy atom. The van der Waals surface area contributed by atoms with E-state index in [4.69, 9.17) is 11.1 Å². The van der Waals surface area contributed by atoms with Crippen LogP contribution in [0.25, 0.3) is 0 Å². The number of hydrogen-bond acceptors (Lipinski definition) is 3. The second kappa shape index (κ2) is 2.64. The van der Waals surface area contributed by atoms with E-state index in [9.17, 15) is 0 Å². The molecule has 0 unspecified atom stereocenters. The Bertz CT molecular complexity index is 353. The van der Waals surface area contributed by atoms with Gasteiger partial charge in [-0.05, 0) is 6.07 Å². The molecule has 64 valence electrons. The molecule has 0 amide bonds. The van der Waals surface area contributed by atoms with Crippen LogP contribution in [0.4, 0.5) is 5.69 Å². The number of aromatic nitrogens is 1. The predicted molar refractivity (Wildman–Crippen MR) is 46.4 cm³/mol. The molecular formula is C8H12N4. The number of nitrogens with two attached hydrogens (primary N) is 1. The quantitative estimate of drug-likeness (QED) is 0.491. The van der Waals surface area contributed by atoms with Crippen LogP contribution in [0.2, 0.25) is 0 Å². The molecule has 0 saturated heterocycles. The van der Waals surface area contributed by atoms with Crippen LogP contribution in [0.5, 0.6) is 0 Å². The van der Waals surface area contributed by atoms with Gasteiger partial charge in [0, 0.05) is 31.5 Å². The maximum Gasteiger partial charge on any atom is 0.0802 e. The van der Waals surface area contributed by atoms with E-state index in [0.717, 1.165) is 25.3 Å². The van der Waals surface area contributed by atoms with Gasteiger partial charge in [0.2, 0.25) is 0 Å². The molecule has 2 heterocycles. The van der Waals surface area contributed by atoms with Crippen LogP contribution in [0.3, 0.4) is 0 Å². The van der Waals surface area contributed by atoms with Crippen LogP contribution in [0, 0.1) is 5.41 Å². The molecule has 1 aromatic heterocycles. The van der Waals surface area contributed by atoms with Crippen LogP contribution in [0.15, 0.2) is 12.3 Å². The Balaban J connectivity index is 2.56. The normalized spacial score (nSPS) is 15.7. The van der Waals surface area contributed by atoms with Crippen LogP contribution in [0.1, 0.15) is 5.69 Å². The molecule has 2 rings (SSSR count). The first-order valence-corrected chi connectivity index (χ1v) is 4.01. The first kappa shape index (κ1) is 7.36. The molecule has 4 N–H and O–H groups in total. The second-order valence-corrected chi connectivity index (χ2v) is 3.00. The van der Waals surface area contributed by atoms with E-state index in [1.54, 1.807) is 0 Å². The molecule has 0 saturated carbocycles. The summed E-state index contributed by atoms with van der Waals surface area (Å²) < 4.78 is 2.10. The van der Waals surface area contributed by atoms with Crippen molar-refractivity contribution in [2.45, 2.75) is 13.1 Å². The lowest BCUT2D eigenvalue weighted by Crippen LogP contribution is -2.30. The highest BCUT2D eigenvalue weighted by molar-refractivity contribution is 5.34. The van der Waals surface area contributed by atoms with Gasteiger partial charge in [-0.15, -0.1) is 0 Å². The lowest BCUT2D eigenvalue weighted by Gasteiger charge is -2.20. The van der Waals surface area contributed by atoms with Crippen molar-refractivity contribution in [1.82, 2.24) is 9.88 Å².